The van der Waals surface area contributed by atoms with E-state index in [1.165, 1.54) is 4.57 Å². The zero-order chi connectivity index (χ0) is 20.5. The monoisotopic (exact) mass is 395 g/mol. The molecule has 1 fully saturated rings. The van der Waals surface area contributed by atoms with Crippen LogP contribution in [0.4, 0.5) is 10.5 Å². The Morgan fingerprint density at radius 2 is 1.83 bits per heavy atom. The number of aromatic nitrogens is 1. The number of benzene rings is 2. The fourth-order valence-corrected chi connectivity index (χ4v) is 3.88. The van der Waals surface area contributed by atoms with E-state index in [4.69, 9.17) is 4.42 Å². The Bertz CT molecular complexity index is 1140. The lowest BCUT2D eigenvalue weighted by molar-refractivity contribution is 0.0694. The Morgan fingerprint density at radius 3 is 2.55 bits per heavy atom. The molecule has 0 radical (unpaired) electrons. The van der Waals surface area contributed by atoms with Crippen molar-refractivity contribution in [2.24, 2.45) is 7.05 Å². The molecule has 2 amide bonds. The number of nitrogens with one attached hydrogen (secondary N) is 1. The number of nitrogens with zero attached hydrogens (tertiary/aromatic N) is 2. The van der Waals surface area contributed by atoms with Crippen LogP contribution in [-0.4, -0.2) is 39.7 Å². The standard InChI is InChI=1S/C21H21N3O5/c1-23-17-8-4-7-16(18(17)29-21(23)28)22-20(27)24-11-9-13(10-12-24)14-5-2-3-6-15(14)19(25)26/h2-8,13H,9-12H2,1H3,(H,22,27)(H,25,26). The van der Waals surface area contributed by atoms with Crippen LogP contribution < -0.4 is 11.1 Å². The van der Waals surface area contributed by atoms with E-state index >= 15 is 0 Å². The highest BCUT2D eigenvalue weighted by molar-refractivity contribution is 5.98. The molecular formula is C21H21N3O5. The first kappa shape index (κ1) is 18.8. The number of carboxylic acid groups (broad SMARTS) is 1. The van der Waals surface area contributed by atoms with Gasteiger partial charge < -0.3 is 19.7 Å². The highest BCUT2D eigenvalue weighted by Gasteiger charge is 2.27. The van der Waals surface area contributed by atoms with Crippen LogP contribution in [-0.2, 0) is 7.05 Å². The number of piperidine rings is 1. The molecule has 2 aromatic carbocycles. The molecule has 0 atom stereocenters. The second-order valence-corrected chi connectivity index (χ2v) is 7.16. The molecule has 150 valence electrons. The average molecular weight is 395 g/mol. The molecule has 0 saturated carbocycles. The Kier molecular flexibility index (Phi) is 4.84. The van der Waals surface area contributed by atoms with Gasteiger partial charge in [-0.2, -0.15) is 0 Å². The third kappa shape index (κ3) is 3.49. The number of para-hydroxylation sites is 1. The summed E-state index contributed by atoms with van der Waals surface area (Å²) < 4.78 is 6.63. The van der Waals surface area contributed by atoms with E-state index in [1.54, 1.807) is 42.3 Å². The molecule has 4 rings (SSSR count). The largest absolute Gasteiger partial charge is 0.478 e. The lowest BCUT2D eigenvalue weighted by Gasteiger charge is -2.32. The van der Waals surface area contributed by atoms with Gasteiger partial charge in [0.25, 0.3) is 0 Å². The predicted molar refractivity (Wildman–Crippen MR) is 107 cm³/mol. The molecule has 29 heavy (non-hydrogen) atoms. The molecule has 8 nitrogen and oxygen atoms in total. The maximum Gasteiger partial charge on any atom is 0.419 e. The van der Waals surface area contributed by atoms with Gasteiger partial charge in [0.15, 0.2) is 5.58 Å². The van der Waals surface area contributed by atoms with Crippen molar-refractivity contribution in [3.05, 3.63) is 64.1 Å². The second-order valence-electron chi connectivity index (χ2n) is 7.16. The van der Waals surface area contributed by atoms with Gasteiger partial charge in [0.05, 0.1) is 16.8 Å². The van der Waals surface area contributed by atoms with E-state index in [1.807, 2.05) is 12.1 Å². The van der Waals surface area contributed by atoms with Gasteiger partial charge in [0, 0.05) is 20.1 Å². The Morgan fingerprint density at radius 1 is 1.10 bits per heavy atom. The van der Waals surface area contributed by atoms with E-state index in [0.717, 1.165) is 5.56 Å². The molecule has 0 spiro atoms. The summed E-state index contributed by atoms with van der Waals surface area (Å²) in [5.74, 6) is -1.32. The molecule has 1 saturated heterocycles. The van der Waals surface area contributed by atoms with Crippen LogP contribution in [0.15, 0.2) is 51.7 Å². The van der Waals surface area contributed by atoms with Crippen LogP contribution in [0, 0.1) is 0 Å². The minimum absolute atomic E-state index is 0.0990. The molecule has 2 N–H and O–H groups in total. The zero-order valence-electron chi connectivity index (χ0n) is 15.9. The number of oxazole rings is 1. The topological polar surface area (TPSA) is 105 Å². The van der Waals surface area contributed by atoms with Crippen LogP contribution in [0.25, 0.3) is 11.1 Å². The Labute approximate surface area is 166 Å². The van der Waals surface area contributed by atoms with Crippen molar-refractivity contribution in [3.8, 4) is 0 Å². The van der Waals surface area contributed by atoms with Crippen LogP contribution >= 0.6 is 0 Å². The summed E-state index contributed by atoms with van der Waals surface area (Å²) in [4.78, 5) is 37.6. The fraction of sp³-hybridized carbons (Fsp3) is 0.286. The van der Waals surface area contributed by atoms with E-state index in [9.17, 15) is 19.5 Å². The third-order valence-electron chi connectivity index (χ3n) is 5.47. The number of hydrogen-bond donors (Lipinski definition) is 2. The van der Waals surface area contributed by atoms with Crippen LogP contribution in [0.5, 0.6) is 0 Å². The van der Waals surface area contributed by atoms with Gasteiger partial charge in [-0.1, -0.05) is 24.3 Å². The van der Waals surface area contributed by atoms with E-state index in [-0.39, 0.29) is 11.9 Å². The van der Waals surface area contributed by atoms with Crippen molar-refractivity contribution >= 4 is 28.8 Å². The molecule has 8 heteroatoms. The van der Waals surface area contributed by atoms with Crippen LogP contribution in [0.3, 0.4) is 0 Å². The van der Waals surface area contributed by atoms with Crippen LogP contribution in [0.2, 0.25) is 0 Å². The smallest absolute Gasteiger partial charge is 0.419 e. The van der Waals surface area contributed by atoms with Crippen molar-refractivity contribution in [3.63, 3.8) is 0 Å². The first-order chi connectivity index (χ1) is 14.0. The van der Waals surface area contributed by atoms with Gasteiger partial charge in [-0.3, -0.25) is 4.57 Å². The molecule has 0 aliphatic carbocycles. The zero-order valence-corrected chi connectivity index (χ0v) is 15.9. The number of carbonyl (C=O) groups excluding carboxylic acids is 1. The van der Waals surface area contributed by atoms with Crippen molar-refractivity contribution in [1.29, 1.82) is 0 Å². The second kappa shape index (κ2) is 7.46. The lowest BCUT2D eigenvalue weighted by Crippen LogP contribution is -2.40. The number of rotatable bonds is 3. The fourth-order valence-electron chi connectivity index (χ4n) is 3.88. The SMILES string of the molecule is Cn1c(=O)oc2c(NC(=O)N3CCC(c4ccccc4C(=O)O)CC3)cccc21. The normalized spacial score (nSPS) is 14.9. The number of urea groups is 1. The maximum atomic E-state index is 12.7. The summed E-state index contributed by atoms with van der Waals surface area (Å²) in [6.07, 6.45) is 1.37. The highest BCUT2D eigenvalue weighted by atomic mass is 16.4. The Balaban J connectivity index is 1.46. The summed E-state index contributed by atoms with van der Waals surface area (Å²) in [6.45, 7) is 1.03. The van der Waals surface area contributed by atoms with Gasteiger partial charge >= 0.3 is 17.8 Å². The number of aromatic carboxylic acids is 1. The van der Waals surface area contributed by atoms with Gasteiger partial charge in [-0.15, -0.1) is 0 Å². The first-order valence-electron chi connectivity index (χ1n) is 9.42. The summed E-state index contributed by atoms with van der Waals surface area (Å²) in [7, 11) is 1.61. The minimum Gasteiger partial charge on any atom is -0.478 e. The molecule has 3 aromatic rings. The summed E-state index contributed by atoms with van der Waals surface area (Å²) >= 11 is 0. The predicted octanol–water partition coefficient (Wildman–Crippen LogP) is 3.24. The van der Waals surface area contributed by atoms with Crippen molar-refractivity contribution in [2.75, 3.05) is 18.4 Å². The van der Waals surface area contributed by atoms with Crippen molar-refractivity contribution < 1.29 is 19.1 Å². The number of aryl methyl sites for hydroxylation is 1. The molecule has 0 bridgehead atoms. The highest BCUT2D eigenvalue weighted by Crippen LogP contribution is 2.31. The molecule has 1 aliphatic rings. The Hall–Kier alpha value is -3.55. The number of likely N-dealkylation sites (tertiary alicyclic amines) is 1. The van der Waals surface area contributed by atoms with Gasteiger partial charge in [-0.05, 0) is 42.5 Å². The first-order valence-corrected chi connectivity index (χ1v) is 9.42. The number of carbonyl (C=O) groups is 2. The average Bonchev–Trinajstić information content (AvgIpc) is 3.03. The number of amides is 2. The van der Waals surface area contributed by atoms with Gasteiger partial charge in [-0.25, -0.2) is 14.4 Å². The summed E-state index contributed by atoms with van der Waals surface area (Å²) in [5.41, 5.74) is 2.54. The van der Waals surface area contributed by atoms with Crippen molar-refractivity contribution in [2.45, 2.75) is 18.8 Å². The molecule has 0 unspecified atom stereocenters. The lowest BCUT2D eigenvalue weighted by atomic mass is 9.86. The van der Waals surface area contributed by atoms with E-state index in [0.29, 0.717) is 48.3 Å². The molecule has 2 heterocycles. The van der Waals surface area contributed by atoms with E-state index < -0.39 is 11.7 Å². The number of fused-ring (bicyclic) bond motifs is 1. The minimum atomic E-state index is -0.932. The van der Waals surface area contributed by atoms with Gasteiger partial charge in [0.1, 0.15) is 0 Å². The number of hydrogen-bond acceptors (Lipinski definition) is 4. The van der Waals surface area contributed by atoms with Crippen LogP contribution in [0.1, 0.15) is 34.7 Å². The quantitative estimate of drug-likeness (QED) is 0.708. The summed E-state index contributed by atoms with van der Waals surface area (Å²) in [5, 5.41) is 12.2. The number of anilines is 1. The van der Waals surface area contributed by atoms with Gasteiger partial charge in [0.2, 0.25) is 0 Å². The van der Waals surface area contributed by atoms with Crippen molar-refractivity contribution in [1.82, 2.24) is 9.47 Å². The maximum absolute atomic E-state index is 12.7. The van der Waals surface area contributed by atoms with E-state index in [2.05, 4.69) is 5.32 Å². The molecular weight excluding hydrogens is 374 g/mol. The molecule has 1 aliphatic heterocycles. The summed E-state index contributed by atoms with van der Waals surface area (Å²) in [6, 6.07) is 12.0. The third-order valence-corrected chi connectivity index (χ3v) is 5.47. The molecule has 1 aromatic heterocycles. The number of carboxylic acids is 1.